The van der Waals surface area contributed by atoms with E-state index < -0.39 is 0 Å². The second-order valence-electron chi connectivity index (χ2n) is 3.39. The van der Waals surface area contributed by atoms with Crippen molar-refractivity contribution in [2.24, 2.45) is 5.10 Å². The Morgan fingerprint density at radius 1 is 1.56 bits per heavy atom. The van der Waals surface area contributed by atoms with E-state index >= 15 is 0 Å². The first kappa shape index (κ1) is 13.0. The van der Waals surface area contributed by atoms with Gasteiger partial charge in [-0.15, -0.1) is 11.3 Å². The Morgan fingerprint density at radius 2 is 2.39 bits per heavy atom. The first-order valence-corrected chi connectivity index (χ1v) is 7.04. The fraction of sp³-hybridized carbons (Fsp3) is 0.0909. The van der Waals surface area contributed by atoms with Crippen molar-refractivity contribution in [3.63, 3.8) is 0 Å². The van der Waals surface area contributed by atoms with Gasteiger partial charge >= 0.3 is 0 Å². The normalized spacial score (nSPS) is 11.0. The number of nitrogens with two attached hydrogens (primary N) is 1. The van der Waals surface area contributed by atoms with E-state index in [1.54, 1.807) is 11.4 Å². The molecule has 0 unspecified atom stereocenters. The molecule has 0 saturated heterocycles. The Kier molecular flexibility index (Phi) is 4.27. The zero-order valence-electron chi connectivity index (χ0n) is 9.23. The number of hydrogen-bond donors (Lipinski definition) is 2. The summed E-state index contributed by atoms with van der Waals surface area (Å²) < 4.78 is 13.6. The van der Waals surface area contributed by atoms with Gasteiger partial charge in [0, 0.05) is 16.3 Å². The smallest absolute Gasteiger partial charge is 0.205 e. The van der Waals surface area contributed by atoms with Gasteiger partial charge in [-0.1, -0.05) is 28.1 Å². The molecule has 4 nitrogen and oxygen atoms in total. The zero-order valence-corrected chi connectivity index (χ0v) is 11.6. The van der Waals surface area contributed by atoms with E-state index in [1.165, 1.54) is 23.6 Å². The summed E-state index contributed by atoms with van der Waals surface area (Å²) in [5.41, 5.74) is 9.46. The monoisotopic (exact) mass is 328 g/mol. The van der Waals surface area contributed by atoms with Crippen LogP contribution in [0.1, 0.15) is 11.1 Å². The number of aromatic nitrogens is 1. The molecule has 0 aliphatic carbocycles. The molecule has 0 bridgehead atoms. The molecule has 0 aliphatic heterocycles. The van der Waals surface area contributed by atoms with Crippen molar-refractivity contribution in [3.8, 4) is 0 Å². The van der Waals surface area contributed by atoms with Crippen LogP contribution in [0.25, 0.3) is 0 Å². The highest BCUT2D eigenvalue weighted by Gasteiger charge is 2.04. The van der Waals surface area contributed by atoms with Crippen LogP contribution < -0.4 is 11.2 Å². The lowest BCUT2D eigenvalue weighted by Gasteiger charge is -2.02. The van der Waals surface area contributed by atoms with Crippen molar-refractivity contribution in [2.75, 3.05) is 11.2 Å². The number of hydrogen-bond acceptors (Lipinski definition) is 5. The van der Waals surface area contributed by atoms with Crippen LogP contribution in [0.15, 0.2) is 28.7 Å². The first-order valence-electron chi connectivity index (χ1n) is 5.04. The Balaban J connectivity index is 2.13. The van der Waals surface area contributed by atoms with E-state index in [4.69, 9.17) is 5.73 Å². The van der Waals surface area contributed by atoms with Crippen LogP contribution in [0.3, 0.4) is 0 Å². The number of thiazole rings is 1. The van der Waals surface area contributed by atoms with Gasteiger partial charge in [0.05, 0.1) is 6.21 Å². The largest absolute Gasteiger partial charge is 0.383 e. The quantitative estimate of drug-likeness (QED) is 0.514. The van der Waals surface area contributed by atoms with Gasteiger partial charge in [0.15, 0.2) is 0 Å². The van der Waals surface area contributed by atoms with Crippen molar-refractivity contribution >= 4 is 44.4 Å². The van der Waals surface area contributed by atoms with Gasteiger partial charge in [-0.25, -0.2) is 9.37 Å². The first-order chi connectivity index (χ1) is 8.70. The van der Waals surface area contributed by atoms with E-state index in [9.17, 15) is 4.39 Å². The van der Waals surface area contributed by atoms with E-state index in [0.29, 0.717) is 21.8 Å². The Bertz CT molecular complexity index is 570. The summed E-state index contributed by atoms with van der Waals surface area (Å²) in [6.07, 6.45) is 1.43. The van der Waals surface area contributed by atoms with Crippen molar-refractivity contribution in [3.05, 3.63) is 40.5 Å². The number of nitrogens with one attached hydrogen (secondary N) is 1. The summed E-state index contributed by atoms with van der Waals surface area (Å²) in [6, 6.07) is 4.90. The standard InChI is InChI=1S/C11H10BrFN4S/c12-4-7-2-1-3-9(13)8(7)5-15-17-11-16-10(14)6-18-11/h1-3,5-6H,4,14H2,(H,16,17). The molecule has 18 heavy (non-hydrogen) atoms. The lowest BCUT2D eigenvalue weighted by molar-refractivity contribution is 0.624. The van der Waals surface area contributed by atoms with Gasteiger partial charge < -0.3 is 5.73 Å². The van der Waals surface area contributed by atoms with Gasteiger partial charge in [-0.05, 0) is 11.6 Å². The lowest BCUT2D eigenvalue weighted by Crippen LogP contribution is -1.97. The minimum atomic E-state index is -0.309. The van der Waals surface area contributed by atoms with Gasteiger partial charge in [-0.3, -0.25) is 5.43 Å². The fourth-order valence-electron chi connectivity index (χ4n) is 1.33. The molecular weight excluding hydrogens is 319 g/mol. The maximum absolute atomic E-state index is 13.6. The molecular formula is C11H10BrFN4S. The van der Waals surface area contributed by atoms with E-state index in [0.717, 1.165) is 5.56 Å². The fourth-order valence-corrected chi connectivity index (χ4v) is 2.37. The van der Waals surface area contributed by atoms with Gasteiger partial charge in [0.25, 0.3) is 0 Å². The summed E-state index contributed by atoms with van der Waals surface area (Å²) in [6.45, 7) is 0. The Morgan fingerprint density at radius 3 is 3.06 bits per heavy atom. The number of anilines is 2. The molecule has 0 spiro atoms. The highest BCUT2D eigenvalue weighted by molar-refractivity contribution is 9.08. The highest BCUT2D eigenvalue weighted by atomic mass is 79.9. The third-order valence-corrected chi connectivity index (χ3v) is 3.53. The molecule has 0 fully saturated rings. The molecule has 0 aliphatic rings. The van der Waals surface area contributed by atoms with Crippen LogP contribution in [-0.4, -0.2) is 11.2 Å². The second-order valence-corrected chi connectivity index (χ2v) is 4.81. The van der Waals surface area contributed by atoms with Crippen molar-refractivity contribution < 1.29 is 4.39 Å². The molecule has 7 heteroatoms. The predicted octanol–water partition coefficient (Wildman–Crippen LogP) is 3.21. The molecule has 0 radical (unpaired) electrons. The Labute approximate surface area is 116 Å². The number of halogens is 2. The number of nitrogens with zero attached hydrogens (tertiary/aromatic N) is 2. The summed E-state index contributed by atoms with van der Waals surface area (Å²) >= 11 is 4.64. The molecule has 0 atom stereocenters. The van der Waals surface area contributed by atoms with Crippen molar-refractivity contribution in [1.82, 2.24) is 4.98 Å². The van der Waals surface area contributed by atoms with Gasteiger partial charge in [0.1, 0.15) is 11.6 Å². The predicted molar refractivity (Wildman–Crippen MR) is 76.8 cm³/mol. The SMILES string of the molecule is Nc1csc(NN=Cc2c(F)cccc2CBr)n1. The van der Waals surface area contributed by atoms with E-state index in [-0.39, 0.29) is 5.82 Å². The highest BCUT2D eigenvalue weighted by Crippen LogP contribution is 2.17. The van der Waals surface area contributed by atoms with E-state index in [1.807, 2.05) is 6.07 Å². The molecule has 0 amide bonds. The van der Waals surface area contributed by atoms with Gasteiger partial charge in [-0.2, -0.15) is 5.10 Å². The van der Waals surface area contributed by atoms with Crippen LogP contribution >= 0.6 is 27.3 Å². The molecule has 0 saturated carbocycles. The molecule has 2 aromatic rings. The maximum atomic E-state index is 13.6. The number of hydrazone groups is 1. The molecule has 94 valence electrons. The number of nitrogen functional groups attached to an aromatic ring is 1. The number of benzene rings is 1. The van der Waals surface area contributed by atoms with Crippen LogP contribution in [0.4, 0.5) is 15.3 Å². The minimum absolute atomic E-state index is 0.309. The van der Waals surface area contributed by atoms with E-state index in [2.05, 4.69) is 31.4 Å². The molecule has 1 heterocycles. The summed E-state index contributed by atoms with van der Waals surface area (Å²) in [4.78, 5) is 3.98. The second kappa shape index (κ2) is 5.92. The molecule has 1 aromatic heterocycles. The summed E-state index contributed by atoms with van der Waals surface area (Å²) in [7, 11) is 0. The summed E-state index contributed by atoms with van der Waals surface area (Å²) in [5, 5.41) is 6.79. The third-order valence-electron chi connectivity index (χ3n) is 2.16. The van der Waals surface area contributed by atoms with Crippen molar-refractivity contribution in [1.29, 1.82) is 0 Å². The molecule has 2 rings (SSSR count). The average Bonchev–Trinajstić information content (AvgIpc) is 2.77. The molecule has 3 N–H and O–H groups in total. The number of alkyl halides is 1. The third kappa shape index (κ3) is 3.05. The van der Waals surface area contributed by atoms with Crippen LogP contribution in [0, 0.1) is 5.82 Å². The van der Waals surface area contributed by atoms with Crippen LogP contribution in [-0.2, 0) is 5.33 Å². The van der Waals surface area contributed by atoms with Crippen LogP contribution in [0.5, 0.6) is 0 Å². The number of rotatable bonds is 4. The Hall–Kier alpha value is -1.47. The average molecular weight is 329 g/mol. The topological polar surface area (TPSA) is 63.3 Å². The minimum Gasteiger partial charge on any atom is -0.383 e. The zero-order chi connectivity index (χ0) is 13.0. The lowest BCUT2D eigenvalue weighted by atomic mass is 10.1. The maximum Gasteiger partial charge on any atom is 0.205 e. The van der Waals surface area contributed by atoms with Gasteiger partial charge in [0.2, 0.25) is 5.13 Å². The van der Waals surface area contributed by atoms with Crippen molar-refractivity contribution in [2.45, 2.75) is 5.33 Å². The summed E-state index contributed by atoms with van der Waals surface area (Å²) in [5.74, 6) is 0.126. The van der Waals surface area contributed by atoms with Crippen LogP contribution in [0.2, 0.25) is 0 Å². The molecule has 1 aromatic carbocycles.